The predicted octanol–water partition coefficient (Wildman–Crippen LogP) is 5.13. The van der Waals surface area contributed by atoms with Gasteiger partial charge in [-0.3, -0.25) is 0 Å². The highest BCUT2D eigenvalue weighted by atomic mass is 32.1. The molecule has 0 spiro atoms. The topological polar surface area (TPSA) is 12.0 Å². The maximum absolute atomic E-state index is 3.82. The first-order valence-electron chi connectivity index (χ1n) is 7.28. The summed E-state index contributed by atoms with van der Waals surface area (Å²) in [7, 11) is 0. The third-order valence-electron chi connectivity index (χ3n) is 4.33. The molecule has 0 amide bonds. The Morgan fingerprint density at radius 3 is 2.79 bits per heavy atom. The van der Waals surface area contributed by atoms with Gasteiger partial charge in [0.15, 0.2) is 0 Å². The Balaban J connectivity index is 1.72. The summed E-state index contributed by atoms with van der Waals surface area (Å²) in [6, 6.07) is 12.2. The van der Waals surface area contributed by atoms with E-state index in [1.165, 1.54) is 34.2 Å². The number of hydrogen-bond acceptors (Lipinski definition) is 2. The lowest BCUT2D eigenvalue weighted by Gasteiger charge is -2.21. The van der Waals surface area contributed by atoms with Crippen LogP contribution in [0, 0.1) is 5.41 Å². The van der Waals surface area contributed by atoms with Crippen molar-refractivity contribution in [2.45, 2.75) is 52.1 Å². The van der Waals surface area contributed by atoms with Crippen LogP contribution in [-0.2, 0) is 0 Å². The fourth-order valence-electron chi connectivity index (χ4n) is 3.23. The van der Waals surface area contributed by atoms with Crippen molar-refractivity contribution >= 4 is 21.4 Å². The van der Waals surface area contributed by atoms with Crippen LogP contribution in [0.1, 0.15) is 51.0 Å². The molecule has 0 bridgehead atoms. The third-order valence-corrected chi connectivity index (χ3v) is 5.62. The van der Waals surface area contributed by atoms with E-state index in [0.29, 0.717) is 17.5 Å². The summed E-state index contributed by atoms with van der Waals surface area (Å²) in [6.45, 7) is 7.08. The molecule has 1 heterocycles. The molecule has 0 saturated heterocycles. The average Bonchev–Trinajstić information content (AvgIpc) is 2.92. The van der Waals surface area contributed by atoms with E-state index < -0.39 is 0 Å². The lowest BCUT2D eigenvalue weighted by atomic mass is 9.92. The van der Waals surface area contributed by atoms with Crippen LogP contribution in [0.3, 0.4) is 0 Å². The Labute approximate surface area is 120 Å². The molecular formula is C17H23NS. The van der Waals surface area contributed by atoms with Crippen LogP contribution in [0.15, 0.2) is 30.3 Å². The van der Waals surface area contributed by atoms with E-state index in [9.17, 15) is 0 Å². The van der Waals surface area contributed by atoms with Crippen LogP contribution in [0.5, 0.6) is 0 Å². The second-order valence-electron chi connectivity index (χ2n) is 6.68. The second kappa shape index (κ2) is 4.92. The molecule has 2 aromatic rings. The molecule has 1 aliphatic rings. The van der Waals surface area contributed by atoms with Gasteiger partial charge in [0.05, 0.1) is 0 Å². The molecule has 0 radical (unpaired) electrons. The van der Waals surface area contributed by atoms with E-state index >= 15 is 0 Å². The quantitative estimate of drug-likeness (QED) is 0.817. The van der Waals surface area contributed by atoms with Gasteiger partial charge < -0.3 is 5.32 Å². The lowest BCUT2D eigenvalue weighted by molar-refractivity contribution is 0.357. The first-order valence-corrected chi connectivity index (χ1v) is 8.10. The molecule has 1 aromatic carbocycles. The molecule has 0 aliphatic heterocycles. The summed E-state index contributed by atoms with van der Waals surface area (Å²) in [5.41, 5.74) is 0.525. The monoisotopic (exact) mass is 273 g/mol. The minimum absolute atomic E-state index is 0.469. The molecule has 1 nitrogen and oxygen atoms in total. The average molecular weight is 273 g/mol. The zero-order valence-corrected chi connectivity index (χ0v) is 12.9. The molecule has 1 aromatic heterocycles. The molecule has 19 heavy (non-hydrogen) atoms. The van der Waals surface area contributed by atoms with Gasteiger partial charge in [-0.25, -0.2) is 0 Å². The van der Waals surface area contributed by atoms with Crippen LogP contribution < -0.4 is 5.32 Å². The van der Waals surface area contributed by atoms with Gasteiger partial charge >= 0.3 is 0 Å². The fourth-order valence-corrected chi connectivity index (χ4v) is 4.31. The van der Waals surface area contributed by atoms with Gasteiger partial charge in [0.25, 0.3) is 0 Å². The molecule has 3 rings (SSSR count). The summed E-state index contributed by atoms with van der Waals surface area (Å²) in [4.78, 5) is 1.46. The van der Waals surface area contributed by atoms with Crippen LogP contribution in [-0.4, -0.2) is 6.04 Å². The van der Waals surface area contributed by atoms with Gasteiger partial charge in [-0.2, -0.15) is 0 Å². The maximum Gasteiger partial charge on any atom is 0.0388 e. The largest absolute Gasteiger partial charge is 0.307 e. The third kappa shape index (κ3) is 2.85. The van der Waals surface area contributed by atoms with E-state index in [-0.39, 0.29) is 0 Å². The molecular weight excluding hydrogens is 250 g/mol. The standard InChI is InChI=1S/C17H23NS/c1-12(18-14-8-9-17(2,3)11-14)16-10-13-6-4-5-7-15(13)19-16/h4-7,10,12,14,18H,8-9,11H2,1-3H3. The minimum atomic E-state index is 0.469. The molecule has 1 saturated carbocycles. The summed E-state index contributed by atoms with van der Waals surface area (Å²) < 4.78 is 1.40. The number of hydrogen-bond donors (Lipinski definition) is 1. The number of fused-ring (bicyclic) bond motifs is 1. The summed E-state index contributed by atoms with van der Waals surface area (Å²) in [6.07, 6.45) is 3.98. The fraction of sp³-hybridized carbons (Fsp3) is 0.529. The zero-order chi connectivity index (χ0) is 13.5. The Morgan fingerprint density at radius 2 is 2.11 bits per heavy atom. The molecule has 2 atom stereocenters. The van der Waals surface area contributed by atoms with Crippen LogP contribution >= 0.6 is 11.3 Å². The van der Waals surface area contributed by atoms with E-state index in [1.807, 2.05) is 11.3 Å². The summed E-state index contributed by atoms with van der Waals surface area (Å²) >= 11 is 1.93. The smallest absolute Gasteiger partial charge is 0.0388 e. The van der Waals surface area contributed by atoms with Crippen molar-refractivity contribution in [1.82, 2.24) is 5.32 Å². The molecule has 2 unspecified atom stereocenters. The van der Waals surface area contributed by atoms with Crippen molar-refractivity contribution in [3.8, 4) is 0 Å². The first-order chi connectivity index (χ1) is 9.03. The Bertz CT molecular complexity index is 536. The Kier molecular flexibility index (Phi) is 3.40. The molecule has 102 valence electrons. The second-order valence-corrected chi connectivity index (χ2v) is 7.79. The Morgan fingerprint density at radius 1 is 1.32 bits per heavy atom. The number of benzene rings is 1. The summed E-state index contributed by atoms with van der Waals surface area (Å²) in [5, 5.41) is 5.20. The van der Waals surface area contributed by atoms with Gasteiger partial charge in [-0.05, 0) is 49.1 Å². The van der Waals surface area contributed by atoms with Gasteiger partial charge in [0.1, 0.15) is 0 Å². The molecule has 1 fully saturated rings. The minimum Gasteiger partial charge on any atom is -0.307 e. The number of rotatable bonds is 3. The van der Waals surface area contributed by atoms with E-state index in [1.54, 1.807) is 0 Å². The van der Waals surface area contributed by atoms with Crippen LogP contribution in [0.25, 0.3) is 10.1 Å². The van der Waals surface area contributed by atoms with E-state index in [0.717, 1.165) is 0 Å². The van der Waals surface area contributed by atoms with E-state index in [2.05, 4.69) is 56.4 Å². The Hall–Kier alpha value is -0.860. The van der Waals surface area contributed by atoms with Crippen molar-refractivity contribution < 1.29 is 0 Å². The first kappa shape index (κ1) is 13.1. The predicted molar refractivity (Wildman–Crippen MR) is 84.8 cm³/mol. The maximum atomic E-state index is 3.82. The number of thiophene rings is 1. The van der Waals surface area contributed by atoms with Crippen molar-refractivity contribution in [2.24, 2.45) is 5.41 Å². The van der Waals surface area contributed by atoms with Crippen LogP contribution in [0.4, 0.5) is 0 Å². The van der Waals surface area contributed by atoms with E-state index in [4.69, 9.17) is 0 Å². The van der Waals surface area contributed by atoms with Crippen molar-refractivity contribution in [2.75, 3.05) is 0 Å². The van der Waals surface area contributed by atoms with Crippen molar-refractivity contribution in [3.05, 3.63) is 35.2 Å². The highest BCUT2D eigenvalue weighted by Crippen LogP contribution is 2.38. The highest BCUT2D eigenvalue weighted by Gasteiger charge is 2.31. The van der Waals surface area contributed by atoms with Crippen LogP contribution in [0.2, 0.25) is 0 Å². The SMILES string of the molecule is CC(NC1CCC(C)(C)C1)c1cc2ccccc2s1. The lowest BCUT2D eigenvalue weighted by Crippen LogP contribution is -2.29. The molecule has 1 N–H and O–H groups in total. The highest BCUT2D eigenvalue weighted by molar-refractivity contribution is 7.19. The zero-order valence-electron chi connectivity index (χ0n) is 12.1. The van der Waals surface area contributed by atoms with Crippen molar-refractivity contribution in [3.63, 3.8) is 0 Å². The van der Waals surface area contributed by atoms with Gasteiger partial charge in [-0.15, -0.1) is 11.3 Å². The molecule has 1 aliphatic carbocycles. The van der Waals surface area contributed by atoms with Crippen molar-refractivity contribution in [1.29, 1.82) is 0 Å². The normalized spacial score (nSPS) is 23.8. The van der Waals surface area contributed by atoms with Gasteiger partial charge in [0.2, 0.25) is 0 Å². The van der Waals surface area contributed by atoms with Gasteiger partial charge in [-0.1, -0.05) is 32.0 Å². The van der Waals surface area contributed by atoms with Gasteiger partial charge in [0, 0.05) is 21.7 Å². The molecule has 2 heteroatoms. The number of nitrogens with one attached hydrogen (secondary N) is 1. The summed E-state index contributed by atoms with van der Waals surface area (Å²) in [5.74, 6) is 0.